The maximum absolute atomic E-state index is 13.1. The summed E-state index contributed by atoms with van der Waals surface area (Å²) in [4.78, 5) is 14.9. The zero-order valence-electron chi connectivity index (χ0n) is 15.6. The van der Waals surface area contributed by atoms with Crippen LogP contribution in [0.1, 0.15) is 23.3 Å². The number of rotatable bonds is 3. The molecule has 0 radical (unpaired) electrons. The lowest BCUT2D eigenvalue weighted by Gasteiger charge is -2.35. The number of amides is 1. The molecule has 9 heteroatoms. The molecule has 1 saturated heterocycles. The van der Waals surface area contributed by atoms with Crippen LogP contribution < -0.4 is 4.74 Å². The summed E-state index contributed by atoms with van der Waals surface area (Å²) in [6, 6.07) is 12.5. The molecule has 0 spiro atoms. The van der Waals surface area contributed by atoms with Gasteiger partial charge in [0.2, 0.25) is 0 Å². The van der Waals surface area contributed by atoms with Crippen LogP contribution in [0.25, 0.3) is 5.65 Å². The van der Waals surface area contributed by atoms with Crippen molar-refractivity contribution >= 4 is 23.2 Å². The molecule has 1 N–H and O–H groups in total. The highest BCUT2D eigenvalue weighted by Gasteiger charge is 2.44. The number of hydrogen-bond acceptors (Lipinski definition) is 6. The van der Waals surface area contributed by atoms with Crippen molar-refractivity contribution in [1.29, 1.82) is 0 Å². The van der Waals surface area contributed by atoms with Gasteiger partial charge < -0.3 is 14.7 Å². The van der Waals surface area contributed by atoms with Crippen molar-refractivity contribution in [3.63, 3.8) is 0 Å². The van der Waals surface area contributed by atoms with E-state index in [1.165, 1.54) is 4.52 Å². The van der Waals surface area contributed by atoms with Crippen LogP contribution in [0, 0.1) is 11.8 Å². The fraction of sp³-hybridized carbons (Fsp3) is 0.400. The van der Waals surface area contributed by atoms with Gasteiger partial charge in [-0.1, -0.05) is 23.7 Å². The lowest BCUT2D eigenvalue weighted by Crippen LogP contribution is -2.42. The van der Waals surface area contributed by atoms with Gasteiger partial charge in [0.1, 0.15) is 17.5 Å². The summed E-state index contributed by atoms with van der Waals surface area (Å²) >= 11 is 6.03. The molecular weight excluding hydrogens is 394 g/mol. The summed E-state index contributed by atoms with van der Waals surface area (Å²) in [5.74, 6) is 1.08. The van der Waals surface area contributed by atoms with Crippen molar-refractivity contribution in [3.8, 4) is 5.75 Å². The fourth-order valence-electron chi connectivity index (χ4n) is 4.49. The molecule has 1 aromatic carbocycles. The second-order valence-electron chi connectivity index (χ2n) is 7.74. The molecule has 2 fully saturated rings. The van der Waals surface area contributed by atoms with E-state index in [0.717, 1.165) is 0 Å². The highest BCUT2D eigenvalue weighted by molar-refractivity contribution is 6.30. The molecule has 29 heavy (non-hydrogen) atoms. The summed E-state index contributed by atoms with van der Waals surface area (Å²) in [7, 11) is 0. The predicted molar refractivity (Wildman–Crippen MR) is 105 cm³/mol. The number of aliphatic hydroxyl groups is 1. The average Bonchev–Trinajstić information content (AvgIpc) is 3.34. The van der Waals surface area contributed by atoms with Gasteiger partial charge in [-0.3, -0.25) is 4.79 Å². The fourth-order valence-corrected chi connectivity index (χ4v) is 4.67. The quantitative estimate of drug-likeness (QED) is 0.706. The largest absolute Gasteiger partial charge is 0.488 e. The highest BCUT2D eigenvalue weighted by atomic mass is 35.5. The molecule has 4 atom stereocenters. The molecule has 3 aromatic rings. The molecule has 1 aliphatic heterocycles. The van der Waals surface area contributed by atoms with Crippen LogP contribution in [0.3, 0.4) is 0 Å². The van der Waals surface area contributed by atoms with E-state index in [2.05, 4.69) is 15.5 Å². The van der Waals surface area contributed by atoms with E-state index in [1.807, 2.05) is 17.0 Å². The van der Waals surface area contributed by atoms with E-state index < -0.39 is 6.10 Å². The number of benzene rings is 1. The standard InChI is InChI=1S/C20H20ClN5O3/c21-14-3-1-4-15(9-14)29-18-8-13-11-25(10-12(13)7-17(18)27)20(28)16-5-2-6-19-22-23-24-26(16)19/h1-6,9,12-13,17-18,27H,7-8,10-11H2/t12-,13+,17+,18+/m0/s1. The van der Waals surface area contributed by atoms with E-state index in [9.17, 15) is 9.90 Å². The first-order chi connectivity index (χ1) is 14.1. The van der Waals surface area contributed by atoms with Gasteiger partial charge in [-0.15, -0.1) is 5.10 Å². The van der Waals surface area contributed by atoms with Crippen LogP contribution in [0.4, 0.5) is 0 Å². The van der Waals surface area contributed by atoms with Gasteiger partial charge in [-0.2, -0.15) is 4.52 Å². The van der Waals surface area contributed by atoms with Crippen molar-refractivity contribution in [2.45, 2.75) is 25.0 Å². The van der Waals surface area contributed by atoms with Crippen LogP contribution in [0.5, 0.6) is 5.75 Å². The molecule has 5 rings (SSSR count). The van der Waals surface area contributed by atoms with Crippen molar-refractivity contribution in [3.05, 3.63) is 53.2 Å². The molecule has 0 bridgehead atoms. The van der Waals surface area contributed by atoms with Crippen molar-refractivity contribution in [2.24, 2.45) is 11.8 Å². The number of likely N-dealkylation sites (tertiary alicyclic amines) is 1. The Hall–Kier alpha value is -2.71. The monoisotopic (exact) mass is 413 g/mol. The molecule has 2 aliphatic rings. The molecule has 0 unspecified atom stereocenters. The van der Waals surface area contributed by atoms with Crippen molar-refractivity contribution < 1.29 is 14.6 Å². The van der Waals surface area contributed by atoms with Gasteiger partial charge in [0.05, 0.1) is 6.10 Å². The van der Waals surface area contributed by atoms with Gasteiger partial charge >= 0.3 is 0 Å². The number of halogens is 1. The Labute approximate surface area is 172 Å². The Balaban J connectivity index is 1.30. The Kier molecular flexibility index (Phi) is 4.60. The number of ether oxygens (including phenoxy) is 1. The molecule has 150 valence electrons. The number of fused-ring (bicyclic) bond motifs is 2. The maximum atomic E-state index is 13.1. The number of pyridine rings is 1. The minimum absolute atomic E-state index is 0.0981. The number of nitrogens with zero attached hydrogens (tertiary/aromatic N) is 5. The lowest BCUT2D eigenvalue weighted by molar-refractivity contribution is -0.0231. The molecule has 1 aliphatic carbocycles. The summed E-state index contributed by atoms with van der Waals surface area (Å²) in [5, 5.41) is 22.7. The Morgan fingerprint density at radius 1 is 1.14 bits per heavy atom. The van der Waals surface area contributed by atoms with Gasteiger partial charge in [0.15, 0.2) is 5.65 Å². The van der Waals surface area contributed by atoms with Gasteiger partial charge in [0.25, 0.3) is 5.91 Å². The molecule has 2 aromatic heterocycles. The summed E-state index contributed by atoms with van der Waals surface area (Å²) in [6.07, 6.45) is 0.410. The first-order valence-corrected chi connectivity index (χ1v) is 10.0. The molecule has 8 nitrogen and oxygen atoms in total. The number of tetrazole rings is 1. The number of carbonyl (C=O) groups is 1. The van der Waals surface area contributed by atoms with E-state index in [4.69, 9.17) is 16.3 Å². The van der Waals surface area contributed by atoms with Crippen LogP contribution in [-0.2, 0) is 0 Å². The lowest BCUT2D eigenvalue weighted by atomic mass is 9.78. The first-order valence-electron chi connectivity index (χ1n) is 9.65. The molecule has 1 amide bonds. The topological polar surface area (TPSA) is 92.9 Å². The smallest absolute Gasteiger partial charge is 0.272 e. The number of hydrogen-bond donors (Lipinski definition) is 1. The SMILES string of the molecule is O=C(c1cccc2nnnn12)N1C[C@H]2C[C@@H](Oc3cccc(Cl)c3)[C@H](O)C[C@H]2C1. The zero-order chi connectivity index (χ0) is 20.0. The Bertz CT molecular complexity index is 1060. The van der Waals surface area contributed by atoms with Gasteiger partial charge in [0, 0.05) is 18.1 Å². The molecule has 3 heterocycles. The van der Waals surface area contributed by atoms with Crippen LogP contribution in [0.2, 0.25) is 5.02 Å². The zero-order valence-corrected chi connectivity index (χ0v) is 16.3. The third-order valence-electron chi connectivity index (χ3n) is 5.90. The minimum Gasteiger partial charge on any atom is -0.488 e. The minimum atomic E-state index is -0.576. The summed E-state index contributed by atoms with van der Waals surface area (Å²) in [6.45, 7) is 1.24. The number of aliphatic hydroxyl groups excluding tert-OH is 1. The van der Waals surface area contributed by atoms with E-state index >= 15 is 0 Å². The van der Waals surface area contributed by atoms with E-state index in [0.29, 0.717) is 48.0 Å². The summed E-state index contributed by atoms with van der Waals surface area (Å²) in [5.41, 5.74) is 0.983. The van der Waals surface area contributed by atoms with Gasteiger partial charge in [-0.05, 0) is 65.4 Å². The van der Waals surface area contributed by atoms with Crippen molar-refractivity contribution in [2.75, 3.05) is 13.1 Å². The third-order valence-corrected chi connectivity index (χ3v) is 6.13. The highest BCUT2D eigenvalue weighted by Crippen LogP contribution is 2.38. The van der Waals surface area contributed by atoms with Crippen molar-refractivity contribution in [1.82, 2.24) is 24.9 Å². The van der Waals surface area contributed by atoms with E-state index in [-0.39, 0.29) is 23.8 Å². The Morgan fingerprint density at radius 3 is 2.76 bits per heavy atom. The second kappa shape index (κ2) is 7.27. The second-order valence-corrected chi connectivity index (χ2v) is 8.18. The molecule has 1 saturated carbocycles. The number of aromatic nitrogens is 4. The van der Waals surface area contributed by atoms with Crippen LogP contribution >= 0.6 is 11.6 Å². The predicted octanol–water partition coefficient (Wildman–Crippen LogP) is 2.07. The maximum Gasteiger partial charge on any atom is 0.272 e. The van der Waals surface area contributed by atoms with E-state index in [1.54, 1.807) is 30.3 Å². The Morgan fingerprint density at radius 2 is 1.93 bits per heavy atom. The molecular formula is C20H20ClN5O3. The summed E-state index contributed by atoms with van der Waals surface area (Å²) < 4.78 is 7.48. The number of carbonyl (C=O) groups excluding carboxylic acids is 1. The van der Waals surface area contributed by atoms with Crippen LogP contribution in [-0.4, -0.2) is 61.3 Å². The first kappa shape index (κ1) is 18.3. The normalized spacial score (nSPS) is 26.5. The third kappa shape index (κ3) is 3.42. The average molecular weight is 414 g/mol. The van der Waals surface area contributed by atoms with Gasteiger partial charge in [-0.25, -0.2) is 0 Å². The van der Waals surface area contributed by atoms with Crippen LogP contribution in [0.15, 0.2) is 42.5 Å².